The molecule has 1 saturated carbocycles. The Morgan fingerprint density at radius 3 is 2.75 bits per heavy atom. The molecule has 112 valence electrons. The molecular formula is C16H26FN3. The summed E-state index contributed by atoms with van der Waals surface area (Å²) >= 11 is 0. The Balaban J connectivity index is 2.20. The molecule has 4 heteroatoms. The van der Waals surface area contributed by atoms with Gasteiger partial charge in [-0.25, -0.2) is 4.39 Å². The predicted octanol–water partition coefficient (Wildman–Crippen LogP) is 3.12. The highest BCUT2D eigenvalue weighted by Gasteiger charge is 2.34. The highest BCUT2D eigenvalue weighted by Crippen LogP contribution is 2.35. The third-order valence-corrected chi connectivity index (χ3v) is 4.59. The van der Waals surface area contributed by atoms with Crippen LogP contribution in [0.2, 0.25) is 0 Å². The fraction of sp³-hybridized carbons (Fsp3) is 0.688. The van der Waals surface area contributed by atoms with Crippen LogP contribution in [-0.2, 0) is 0 Å². The van der Waals surface area contributed by atoms with Gasteiger partial charge in [-0.15, -0.1) is 0 Å². The van der Waals surface area contributed by atoms with Gasteiger partial charge >= 0.3 is 0 Å². The van der Waals surface area contributed by atoms with E-state index in [-0.39, 0.29) is 11.9 Å². The lowest BCUT2D eigenvalue weighted by Gasteiger charge is -2.37. The molecule has 3 unspecified atom stereocenters. The van der Waals surface area contributed by atoms with Crippen LogP contribution in [0, 0.1) is 11.7 Å². The van der Waals surface area contributed by atoms with Crippen molar-refractivity contribution in [1.82, 2.24) is 9.88 Å². The minimum Gasteiger partial charge on any atom is -0.330 e. The molecule has 0 radical (unpaired) electrons. The zero-order chi connectivity index (χ0) is 14.5. The molecule has 20 heavy (non-hydrogen) atoms. The average Bonchev–Trinajstić information content (AvgIpc) is 2.94. The van der Waals surface area contributed by atoms with Crippen molar-refractivity contribution >= 4 is 0 Å². The number of hydrogen-bond donors (Lipinski definition) is 1. The van der Waals surface area contributed by atoms with Crippen molar-refractivity contribution in [3.63, 3.8) is 0 Å². The van der Waals surface area contributed by atoms with Crippen LogP contribution in [0.5, 0.6) is 0 Å². The van der Waals surface area contributed by atoms with Crippen LogP contribution in [0.25, 0.3) is 0 Å². The molecule has 1 aliphatic carbocycles. The van der Waals surface area contributed by atoms with E-state index in [0.29, 0.717) is 12.0 Å². The van der Waals surface area contributed by atoms with Crippen molar-refractivity contribution in [3.05, 3.63) is 29.8 Å². The maximum atomic E-state index is 13.1. The summed E-state index contributed by atoms with van der Waals surface area (Å²) in [6.45, 7) is 6.11. The third-order valence-electron chi connectivity index (χ3n) is 4.59. The summed E-state index contributed by atoms with van der Waals surface area (Å²) in [4.78, 5) is 6.81. The molecule has 1 fully saturated rings. The van der Waals surface area contributed by atoms with Gasteiger partial charge in [0.1, 0.15) is 5.82 Å². The first-order valence-corrected chi connectivity index (χ1v) is 7.78. The van der Waals surface area contributed by atoms with Crippen molar-refractivity contribution in [3.8, 4) is 0 Å². The fourth-order valence-corrected chi connectivity index (χ4v) is 3.61. The first-order valence-electron chi connectivity index (χ1n) is 7.78. The summed E-state index contributed by atoms with van der Waals surface area (Å²) in [5, 5.41) is 0. The molecule has 0 aromatic carbocycles. The van der Waals surface area contributed by atoms with Gasteiger partial charge in [-0.05, 0) is 50.4 Å². The van der Waals surface area contributed by atoms with E-state index in [9.17, 15) is 4.39 Å². The van der Waals surface area contributed by atoms with Gasteiger partial charge in [0.15, 0.2) is 0 Å². The number of pyridine rings is 1. The third kappa shape index (κ3) is 3.18. The molecule has 0 bridgehead atoms. The number of nitrogens with two attached hydrogens (primary N) is 1. The minimum absolute atomic E-state index is 0.262. The second-order valence-electron chi connectivity index (χ2n) is 5.65. The fourth-order valence-electron chi connectivity index (χ4n) is 3.61. The number of nitrogens with zero attached hydrogens (tertiary/aromatic N) is 2. The highest BCUT2D eigenvalue weighted by atomic mass is 19.1. The number of aromatic nitrogens is 1. The summed E-state index contributed by atoms with van der Waals surface area (Å²) in [6.07, 6.45) is 6.01. The van der Waals surface area contributed by atoms with E-state index in [4.69, 9.17) is 5.73 Å². The molecule has 2 rings (SSSR count). The Hall–Kier alpha value is -1.00. The normalized spacial score (nSPS) is 24.2. The smallest absolute Gasteiger partial charge is 0.141 e. The van der Waals surface area contributed by atoms with Crippen LogP contribution >= 0.6 is 0 Å². The highest BCUT2D eigenvalue weighted by molar-refractivity contribution is 5.11. The molecular weight excluding hydrogens is 253 g/mol. The second-order valence-corrected chi connectivity index (χ2v) is 5.65. The summed E-state index contributed by atoms with van der Waals surface area (Å²) in [6, 6.07) is 4.13. The van der Waals surface area contributed by atoms with Crippen LogP contribution in [0.4, 0.5) is 4.39 Å². The number of halogens is 1. The summed E-state index contributed by atoms with van der Waals surface area (Å²) in [7, 11) is 0. The lowest BCUT2D eigenvalue weighted by Crippen LogP contribution is -2.42. The molecule has 1 aromatic rings. The zero-order valence-corrected chi connectivity index (χ0v) is 12.6. The lowest BCUT2D eigenvalue weighted by atomic mass is 9.98. The van der Waals surface area contributed by atoms with Crippen LogP contribution < -0.4 is 5.73 Å². The maximum Gasteiger partial charge on any atom is 0.141 e. The number of rotatable bonds is 6. The first kappa shape index (κ1) is 15.4. The molecule has 1 aromatic heterocycles. The van der Waals surface area contributed by atoms with Crippen molar-refractivity contribution in [2.75, 3.05) is 13.1 Å². The Labute approximate surface area is 121 Å². The molecule has 2 N–H and O–H groups in total. The average molecular weight is 279 g/mol. The van der Waals surface area contributed by atoms with E-state index in [2.05, 4.69) is 23.7 Å². The van der Waals surface area contributed by atoms with Crippen LogP contribution in [0.1, 0.15) is 51.3 Å². The summed E-state index contributed by atoms with van der Waals surface area (Å²) in [5.41, 5.74) is 6.90. The molecule has 0 spiro atoms. The lowest BCUT2D eigenvalue weighted by molar-refractivity contribution is 0.108. The van der Waals surface area contributed by atoms with Crippen molar-refractivity contribution < 1.29 is 4.39 Å². The van der Waals surface area contributed by atoms with Crippen LogP contribution in [-0.4, -0.2) is 29.0 Å². The van der Waals surface area contributed by atoms with Crippen molar-refractivity contribution in [2.24, 2.45) is 11.7 Å². The molecule has 0 amide bonds. The van der Waals surface area contributed by atoms with E-state index < -0.39 is 0 Å². The van der Waals surface area contributed by atoms with Gasteiger partial charge in [-0.3, -0.25) is 9.88 Å². The first-order chi connectivity index (χ1) is 9.71. The molecule has 1 heterocycles. The summed E-state index contributed by atoms with van der Waals surface area (Å²) in [5.74, 6) is 0.316. The van der Waals surface area contributed by atoms with E-state index >= 15 is 0 Å². The van der Waals surface area contributed by atoms with Crippen LogP contribution in [0.3, 0.4) is 0 Å². The molecule has 3 atom stereocenters. The zero-order valence-electron chi connectivity index (χ0n) is 12.6. The van der Waals surface area contributed by atoms with Gasteiger partial charge in [0.05, 0.1) is 17.9 Å². The quantitative estimate of drug-likeness (QED) is 0.870. The van der Waals surface area contributed by atoms with Gasteiger partial charge in [-0.1, -0.05) is 20.3 Å². The van der Waals surface area contributed by atoms with E-state index in [1.807, 2.05) is 6.07 Å². The van der Waals surface area contributed by atoms with Crippen molar-refractivity contribution in [2.45, 2.75) is 51.6 Å². The second kappa shape index (κ2) is 7.14. The van der Waals surface area contributed by atoms with Gasteiger partial charge in [0, 0.05) is 6.04 Å². The standard InChI is InChI=1S/C16H26FN3/c1-3-15(14-9-8-13(17)11-19-14)20(4-2)16-7-5-6-12(16)10-18/h8-9,11-12,15-16H,3-7,10,18H2,1-2H3. The molecule has 0 saturated heterocycles. The van der Waals surface area contributed by atoms with Crippen LogP contribution in [0.15, 0.2) is 18.3 Å². The minimum atomic E-state index is -0.271. The van der Waals surface area contributed by atoms with E-state index in [0.717, 1.165) is 25.2 Å². The Morgan fingerprint density at radius 2 is 2.20 bits per heavy atom. The van der Waals surface area contributed by atoms with Gasteiger partial charge in [0.2, 0.25) is 0 Å². The number of hydrogen-bond acceptors (Lipinski definition) is 3. The van der Waals surface area contributed by atoms with E-state index in [1.54, 1.807) is 0 Å². The van der Waals surface area contributed by atoms with Gasteiger partial charge in [0.25, 0.3) is 0 Å². The summed E-state index contributed by atoms with van der Waals surface area (Å²) < 4.78 is 13.1. The Kier molecular flexibility index (Phi) is 5.49. The molecule has 3 nitrogen and oxygen atoms in total. The SMILES string of the molecule is CCC(c1ccc(F)cn1)N(CC)C1CCCC1CN. The monoisotopic (exact) mass is 279 g/mol. The largest absolute Gasteiger partial charge is 0.330 e. The predicted molar refractivity (Wildman–Crippen MR) is 79.8 cm³/mol. The van der Waals surface area contributed by atoms with E-state index in [1.165, 1.54) is 31.5 Å². The van der Waals surface area contributed by atoms with Gasteiger partial charge < -0.3 is 5.73 Å². The maximum absolute atomic E-state index is 13.1. The Morgan fingerprint density at radius 1 is 1.40 bits per heavy atom. The molecule has 0 aliphatic heterocycles. The molecule has 1 aliphatic rings. The Bertz CT molecular complexity index is 407. The van der Waals surface area contributed by atoms with Crippen molar-refractivity contribution in [1.29, 1.82) is 0 Å². The van der Waals surface area contributed by atoms with Gasteiger partial charge in [-0.2, -0.15) is 0 Å². The topological polar surface area (TPSA) is 42.2 Å².